The molecule has 3 atom stereocenters. The van der Waals surface area contributed by atoms with Crippen LogP contribution in [0.3, 0.4) is 0 Å². The van der Waals surface area contributed by atoms with Crippen LogP contribution in [0.4, 0.5) is 0 Å². The molecule has 1 saturated carbocycles. The Bertz CT molecular complexity index is 268. The molecule has 4 nitrogen and oxygen atoms in total. The number of hydrogen-bond donors (Lipinski definition) is 2. The van der Waals surface area contributed by atoms with E-state index in [2.05, 4.69) is 19.2 Å². The molecular formula is C15H29NO3. The van der Waals surface area contributed by atoms with Crippen LogP contribution < -0.4 is 5.32 Å². The Kier molecular flexibility index (Phi) is 7.39. The monoisotopic (exact) mass is 271 g/mol. The lowest BCUT2D eigenvalue weighted by atomic mass is 9.85. The van der Waals surface area contributed by atoms with Gasteiger partial charge >= 0.3 is 0 Å². The molecule has 0 spiro atoms. The van der Waals surface area contributed by atoms with E-state index in [0.29, 0.717) is 12.5 Å². The van der Waals surface area contributed by atoms with Crippen LogP contribution >= 0.6 is 0 Å². The van der Waals surface area contributed by atoms with E-state index in [0.717, 1.165) is 32.1 Å². The third kappa shape index (κ3) is 5.91. The number of carbonyl (C=O) groups is 1. The van der Waals surface area contributed by atoms with Crippen LogP contribution in [-0.2, 0) is 9.53 Å². The number of amides is 1. The standard InChI is InChI=1S/C15H29NO3/c1-11(2)8-9-19-12(3)15(18)16-14-7-5-4-6-13(14)10-17/h11-14,17H,4-10H2,1-3H3,(H,16,18). The summed E-state index contributed by atoms with van der Waals surface area (Å²) in [6.45, 7) is 6.87. The second-order valence-electron chi connectivity index (χ2n) is 6.04. The fourth-order valence-corrected chi connectivity index (χ4v) is 2.47. The Morgan fingerprint density at radius 1 is 1.32 bits per heavy atom. The van der Waals surface area contributed by atoms with Gasteiger partial charge in [0.15, 0.2) is 0 Å². The summed E-state index contributed by atoms with van der Waals surface area (Å²) in [5.74, 6) is 0.752. The van der Waals surface area contributed by atoms with E-state index in [1.54, 1.807) is 6.92 Å². The van der Waals surface area contributed by atoms with E-state index in [9.17, 15) is 9.90 Å². The minimum absolute atomic E-state index is 0.0471. The molecule has 1 aliphatic rings. The van der Waals surface area contributed by atoms with Gasteiger partial charge in [-0.15, -0.1) is 0 Å². The molecule has 1 aliphatic carbocycles. The molecule has 0 radical (unpaired) electrons. The Labute approximate surface area is 116 Å². The Morgan fingerprint density at radius 3 is 2.63 bits per heavy atom. The topological polar surface area (TPSA) is 58.6 Å². The van der Waals surface area contributed by atoms with Gasteiger partial charge in [-0.3, -0.25) is 4.79 Å². The number of aliphatic hydroxyl groups excluding tert-OH is 1. The van der Waals surface area contributed by atoms with Crippen molar-refractivity contribution in [3.63, 3.8) is 0 Å². The number of nitrogens with one attached hydrogen (secondary N) is 1. The van der Waals surface area contributed by atoms with Crippen LogP contribution in [0, 0.1) is 11.8 Å². The molecule has 0 bridgehead atoms. The molecule has 0 heterocycles. The molecule has 1 rings (SSSR count). The predicted molar refractivity (Wildman–Crippen MR) is 75.8 cm³/mol. The van der Waals surface area contributed by atoms with E-state index < -0.39 is 6.10 Å². The van der Waals surface area contributed by atoms with Gasteiger partial charge in [0.1, 0.15) is 6.10 Å². The minimum Gasteiger partial charge on any atom is -0.396 e. The Morgan fingerprint density at radius 2 is 2.00 bits per heavy atom. The van der Waals surface area contributed by atoms with Crippen molar-refractivity contribution in [2.24, 2.45) is 11.8 Å². The maximum atomic E-state index is 12.0. The smallest absolute Gasteiger partial charge is 0.249 e. The number of rotatable bonds is 7. The average molecular weight is 271 g/mol. The third-order valence-electron chi connectivity index (χ3n) is 3.90. The maximum Gasteiger partial charge on any atom is 0.249 e. The van der Waals surface area contributed by atoms with Crippen LogP contribution in [0.15, 0.2) is 0 Å². The van der Waals surface area contributed by atoms with Gasteiger partial charge in [-0.25, -0.2) is 0 Å². The molecule has 0 saturated heterocycles. The second kappa shape index (κ2) is 8.54. The van der Waals surface area contributed by atoms with Gasteiger partial charge in [0.2, 0.25) is 5.91 Å². The van der Waals surface area contributed by atoms with E-state index in [1.807, 2.05) is 0 Å². The minimum atomic E-state index is -0.403. The highest BCUT2D eigenvalue weighted by Gasteiger charge is 2.27. The highest BCUT2D eigenvalue weighted by Crippen LogP contribution is 2.24. The summed E-state index contributed by atoms with van der Waals surface area (Å²) < 4.78 is 5.55. The first kappa shape index (κ1) is 16.4. The summed E-state index contributed by atoms with van der Waals surface area (Å²) >= 11 is 0. The Hall–Kier alpha value is -0.610. The molecule has 0 aliphatic heterocycles. The summed E-state index contributed by atoms with van der Waals surface area (Å²) in [6, 6.07) is 0.113. The van der Waals surface area contributed by atoms with Gasteiger partial charge in [0.05, 0.1) is 0 Å². The van der Waals surface area contributed by atoms with Crippen LogP contribution in [0.5, 0.6) is 0 Å². The third-order valence-corrected chi connectivity index (χ3v) is 3.90. The van der Waals surface area contributed by atoms with Crippen molar-refractivity contribution >= 4 is 5.91 Å². The molecule has 0 aromatic rings. The molecule has 112 valence electrons. The largest absolute Gasteiger partial charge is 0.396 e. The molecule has 3 unspecified atom stereocenters. The van der Waals surface area contributed by atoms with E-state index >= 15 is 0 Å². The average Bonchev–Trinajstić information content (AvgIpc) is 2.38. The SMILES string of the molecule is CC(C)CCOC(C)C(=O)NC1CCCCC1CO. The second-order valence-corrected chi connectivity index (χ2v) is 6.04. The fourth-order valence-electron chi connectivity index (χ4n) is 2.47. The normalized spacial score (nSPS) is 25.3. The van der Waals surface area contributed by atoms with E-state index in [-0.39, 0.29) is 24.5 Å². The fraction of sp³-hybridized carbons (Fsp3) is 0.933. The Balaban J connectivity index is 2.31. The van der Waals surface area contributed by atoms with Crippen LogP contribution in [0.1, 0.15) is 52.9 Å². The van der Waals surface area contributed by atoms with Gasteiger partial charge in [-0.1, -0.05) is 26.7 Å². The first-order chi connectivity index (χ1) is 9.04. The highest BCUT2D eigenvalue weighted by atomic mass is 16.5. The number of ether oxygens (including phenoxy) is 1. The molecule has 2 N–H and O–H groups in total. The lowest BCUT2D eigenvalue weighted by molar-refractivity contribution is -0.133. The van der Waals surface area contributed by atoms with Crippen LogP contribution in [-0.4, -0.2) is 36.4 Å². The van der Waals surface area contributed by atoms with Gasteiger partial charge in [0, 0.05) is 25.2 Å². The van der Waals surface area contributed by atoms with E-state index in [1.165, 1.54) is 0 Å². The van der Waals surface area contributed by atoms with Gasteiger partial charge in [-0.05, 0) is 32.1 Å². The summed E-state index contributed by atoms with van der Waals surface area (Å²) in [5, 5.41) is 12.4. The zero-order valence-electron chi connectivity index (χ0n) is 12.5. The zero-order valence-corrected chi connectivity index (χ0v) is 12.5. The summed E-state index contributed by atoms with van der Waals surface area (Å²) in [7, 11) is 0. The molecule has 1 amide bonds. The van der Waals surface area contributed by atoms with Gasteiger partial charge in [0.25, 0.3) is 0 Å². The quantitative estimate of drug-likeness (QED) is 0.745. The number of carbonyl (C=O) groups excluding carboxylic acids is 1. The van der Waals surface area contributed by atoms with Crippen molar-refractivity contribution in [1.82, 2.24) is 5.32 Å². The van der Waals surface area contributed by atoms with Gasteiger partial charge < -0.3 is 15.2 Å². The lowest BCUT2D eigenvalue weighted by Gasteiger charge is -2.31. The van der Waals surface area contributed by atoms with Crippen molar-refractivity contribution in [2.45, 2.75) is 65.0 Å². The summed E-state index contributed by atoms with van der Waals surface area (Å²) in [4.78, 5) is 12.0. The summed E-state index contributed by atoms with van der Waals surface area (Å²) in [5.41, 5.74) is 0. The zero-order chi connectivity index (χ0) is 14.3. The first-order valence-electron chi connectivity index (χ1n) is 7.57. The molecule has 0 aromatic carbocycles. The molecular weight excluding hydrogens is 242 g/mol. The van der Waals surface area contributed by atoms with Crippen molar-refractivity contribution < 1.29 is 14.6 Å². The van der Waals surface area contributed by atoms with Crippen molar-refractivity contribution in [3.05, 3.63) is 0 Å². The first-order valence-corrected chi connectivity index (χ1v) is 7.57. The highest BCUT2D eigenvalue weighted by molar-refractivity contribution is 5.80. The van der Waals surface area contributed by atoms with Gasteiger partial charge in [-0.2, -0.15) is 0 Å². The number of aliphatic hydroxyl groups is 1. The van der Waals surface area contributed by atoms with Crippen molar-refractivity contribution in [1.29, 1.82) is 0 Å². The molecule has 4 heteroatoms. The molecule has 1 fully saturated rings. The number of hydrogen-bond acceptors (Lipinski definition) is 3. The predicted octanol–water partition coefficient (Wildman–Crippen LogP) is 2.10. The lowest BCUT2D eigenvalue weighted by Crippen LogP contribution is -2.47. The summed E-state index contributed by atoms with van der Waals surface area (Å²) in [6.07, 6.45) is 4.82. The van der Waals surface area contributed by atoms with Crippen molar-refractivity contribution in [3.8, 4) is 0 Å². The molecule has 0 aromatic heterocycles. The molecule has 19 heavy (non-hydrogen) atoms. The maximum absolute atomic E-state index is 12.0. The van der Waals surface area contributed by atoms with Crippen molar-refractivity contribution in [2.75, 3.05) is 13.2 Å². The van der Waals surface area contributed by atoms with E-state index in [4.69, 9.17) is 4.74 Å². The van der Waals surface area contributed by atoms with Crippen LogP contribution in [0.2, 0.25) is 0 Å². The van der Waals surface area contributed by atoms with Crippen LogP contribution in [0.25, 0.3) is 0 Å².